The van der Waals surface area contributed by atoms with E-state index < -0.39 is 6.09 Å². The minimum Gasteiger partial charge on any atom is -0.444 e. The first kappa shape index (κ1) is 14.4. The van der Waals surface area contributed by atoms with Crippen LogP contribution in [0.2, 0.25) is 0 Å². The second kappa shape index (κ2) is 7.53. The van der Waals surface area contributed by atoms with Gasteiger partial charge in [-0.25, -0.2) is 4.79 Å². The summed E-state index contributed by atoms with van der Waals surface area (Å²) in [5, 5.41) is 2.65. The maximum absolute atomic E-state index is 11.6. The molecule has 0 saturated heterocycles. The van der Waals surface area contributed by atoms with E-state index in [1.165, 1.54) is 0 Å². The highest BCUT2D eigenvalue weighted by Gasteiger charge is 2.03. The van der Waals surface area contributed by atoms with Crippen LogP contribution in [0.25, 0.3) is 0 Å². The van der Waals surface area contributed by atoms with Gasteiger partial charge in [0, 0.05) is 5.69 Å². The van der Waals surface area contributed by atoms with Crippen molar-refractivity contribution < 1.29 is 13.8 Å². The van der Waals surface area contributed by atoms with Crippen molar-refractivity contribution in [3.05, 3.63) is 65.7 Å². The number of amides is 1. The second-order valence-electron chi connectivity index (χ2n) is 4.14. The van der Waals surface area contributed by atoms with Crippen LogP contribution in [0.3, 0.4) is 0 Å². The van der Waals surface area contributed by atoms with E-state index in [9.17, 15) is 4.79 Å². The van der Waals surface area contributed by atoms with Crippen molar-refractivity contribution in [2.45, 2.75) is 13.2 Å². The number of ether oxygens (including phenoxy) is 1. The molecule has 104 valence electrons. The lowest BCUT2D eigenvalue weighted by atomic mass is 10.2. The number of halogens is 1. The zero-order valence-corrected chi connectivity index (χ0v) is 11.5. The Hall–Kier alpha value is -2.04. The van der Waals surface area contributed by atoms with Gasteiger partial charge in [0.25, 0.3) is 0 Å². The molecule has 2 rings (SSSR count). The van der Waals surface area contributed by atoms with Crippen molar-refractivity contribution in [3.8, 4) is 0 Å². The van der Waals surface area contributed by atoms with E-state index >= 15 is 0 Å². The van der Waals surface area contributed by atoms with Gasteiger partial charge in [-0.1, -0.05) is 42.5 Å². The summed E-state index contributed by atoms with van der Waals surface area (Å²) in [6, 6.07) is 16.6. The van der Waals surface area contributed by atoms with E-state index in [0.717, 1.165) is 11.1 Å². The lowest BCUT2D eigenvalue weighted by Gasteiger charge is -2.07. The molecule has 2 aromatic rings. The number of rotatable bonds is 5. The Bertz CT molecular complexity index is 543. The third-order valence-electron chi connectivity index (χ3n) is 2.63. The van der Waals surface area contributed by atoms with E-state index in [-0.39, 0.29) is 6.61 Å². The number of hydrogen-bond acceptors (Lipinski definition) is 3. The third-order valence-corrected chi connectivity index (χ3v) is 2.74. The average Bonchev–Trinajstić information content (AvgIpc) is 2.49. The number of nitrogens with one attached hydrogen (secondary N) is 1. The second-order valence-corrected chi connectivity index (χ2v) is 4.36. The van der Waals surface area contributed by atoms with Crippen molar-refractivity contribution in [3.63, 3.8) is 0 Å². The van der Waals surface area contributed by atoms with Crippen molar-refractivity contribution in [1.82, 2.24) is 0 Å². The molecule has 0 radical (unpaired) electrons. The molecule has 0 saturated carbocycles. The Balaban J connectivity index is 1.82. The van der Waals surface area contributed by atoms with Gasteiger partial charge in [0.2, 0.25) is 0 Å². The molecule has 0 atom stereocenters. The van der Waals surface area contributed by atoms with Crippen LogP contribution in [0.15, 0.2) is 54.6 Å². The Morgan fingerprint density at radius 1 is 0.950 bits per heavy atom. The predicted molar refractivity (Wildman–Crippen MR) is 77.3 cm³/mol. The molecule has 4 nitrogen and oxygen atoms in total. The SMILES string of the molecule is O=C(Nc1ccc(COCl)cc1)OCc1ccccc1. The third kappa shape index (κ3) is 4.57. The molecule has 20 heavy (non-hydrogen) atoms. The lowest BCUT2D eigenvalue weighted by molar-refractivity contribution is 0.155. The molecule has 0 fully saturated rings. The summed E-state index contributed by atoms with van der Waals surface area (Å²) in [4.78, 5) is 11.6. The number of carbonyl (C=O) groups is 1. The van der Waals surface area contributed by atoms with E-state index in [0.29, 0.717) is 12.3 Å². The van der Waals surface area contributed by atoms with Crippen molar-refractivity contribution in [1.29, 1.82) is 0 Å². The summed E-state index contributed by atoms with van der Waals surface area (Å²) in [6.07, 6.45) is -0.491. The van der Waals surface area contributed by atoms with Gasteiger partial charge in [-0.3, -0.25) is 9.61 Å². The maximum Gasteiger partial charge on any atom is 0.411 e. The molecule has 1 N–H and O–H groups in total. The summed E-state index contributed by atoms with van der Waals surface area (Å²) in [6.45, 7) is 0.561. The highest BCUT2D eigenvalue weighted by atomic mass is 35.5. The van der Waals surface area contributed by atoms with Crippen LogP contribution in [0.4, 0.5) is 10.5 Å². The summed E-state index contributed by atoms with van der Waals surface area (Å²) in [7, 11) is 0. The molecular weight excluding hydrogens is 278 g/mol. The fraction of sp³-hybridized carbons (Fsp3) is 0.133. The molecule has 0 aromatic heterocycles. The molecule has 0 unspecified atom stereocenters. The van der Waals surface area contributed by atoms with E-state index in [1.807, 2.05) is 42.5 Å². The van der Waals surface area contributed by atoms with Crippen molar-refractivity contribution in [2.24, 2.45) is 0 Å². The lowest BCUT2D eigenvalue weighted by Crippen LogP contribution is -2.13. The minimum absolute atomic E-state index is 0.241. The number of benzene rings is 2. The van der Waals surface area contributed by atoms with Crippen LogP contribution in [0, 0.1) is 0 Å². The van der Waals surface area contributed by atoms with E-state index in [1.54, 1.807) is 12.1 Å². The highest BCUT2D eigenvalue weighted by Crippen LogP contribution is 2.11. The quantitative estimate of drug-likeness (QED) is 0.902. The van der Waals surface area contributed by atoms with Crippen LogP contribution < -0.4 is 5.32 Å². The average molecular weight is 292 g/mol. The first-order chi connectivity index (χ1) is 9.78. The summed E-state index contributed by atoms with van der Waals surface area (Å²) >= 11 is 5.17. The standard InChI is InChI=1S/C15H14ClNO3/c16-20-11-13-6-8-14(9-7-13)17-15(18)19-10-12-4-2-1-3-5-12/h1-9H,10-11H2,(H,17,18). The molecule has 0 aliphatic rings. The van der Waals surface area contributed by atoms with Crippen molar-refractivity contribution >= 4 is 23.6 Å². The smallest absolute Gasteiger partial charge is 0.411 e. The zero-order valence-electron chi connectivity index (χ0n) is 10.7. The molecule has 5 heteroatoms. The van der Waals surface area contributed by atoms with Gasteiger partial charge in [-0.05, 0) is 23.3 Å². The summed E-state index contributed by atoms with van der Waals surface area (Å²) in [5.74, 6) is 0. The van der Waals surface area contributed by atoms with E-state index in [2.05, 4.69) is 9.61 Å². The van der Waals surface area contributed by atoms with Gasteiger partial charge in [0.15, 0.2) is 0 Å². The number of hydrogen-bond donors (Lipinski definition) is 1. The van der Waals surface area contributed by atoms with Crippen molar-refractivity contribution in [2.75, 3.05) is 5.32 Å². The van der Waals surface area contributed by atoms with Crippen LogP contribution in [-0.2, 0) is 22.2 Å². The predicted octanol–water partition coefficient (Wildman–Crippen LogP) is 4.11. The van der Waals surface area contributed by atoms with Gasteiger partial charge in [-0.15, -0.1) is 0 Å². The highest BCUT2D eigenvalue weighted by molar-refractivity contribution is 6.07. The summed E-state index contributed by atoms with van der Waals surface area (Å²) in [5.41, 5.74) is 2.52. The van der Waals surface area contributed by atoms with Crippen LogP contribution in [0.1, 0.15) is 11.1 Å². The fourth-order valence-electron chi connectivity index (χ4n) is 1.62. The van der Waals surface area contributed by atoms with Gasteiger partial charge >= 0.3 is 6.09 Å². The molecule has 2 aromatic carbocycles. The van der Waals surface area contributed by atoms with Gasteiger partial charge in [0.05, 0.1) is 18.5 Å². The zero-order chi connectivity index (χ0) is 14.2. The molecule has 0 bridgehead atoms. The number of anilines is 1. The van der Waals surface area contributed by atoms with Crippen LogP contribution in [0.5, 0.6) is 0 Å². The number of carbonyl (C=O) groups excluding carboxylic acids is 1. The molecule has 0 spiro atoms. The normalized spacial score (nSPS) is 10.1. The Morgan fingerprint density at radius 3 is 2.25 bits per heavy atom. The molecular formula is C15H14ClNO3. The van der Waals surface area contributed by atoms with Crippen LogP contribution >= 0.6 is 11.9 Å². The summed E-state index contributed by atoms with van der Waals surface area (Å²) < 4.78 is 9.61. The molecule has 0 aliphatic heterocycles. The van der Waals surface area contributed by atoms with Crippen LogP contribution in [-0.4, -0.2) is 6.09 Å². The first-order valence-corrected chi connectivity index (χ1v) is 6.39. The van der Waals surface area contributed by atoms with E-state index in [4.69, 9.17) is 16.6 Å². The minimum atomic E-state index is -0.491. The Labute approximate surface area is 122 Å². The Morgan fingerprint density at radius 2 is 1.60 bits per heavy atom. The fourth-order valence-corrected chi connectivity index (χ4v) is 1.75. The Kier molecular flexibility index (Phi) is 5.41. The maximum atomic E-state index is 11.6. The largest absolute Gasteiger partial charge is 0.444 e. The molecule has 0 heterocycles. The monoisotopic (exact) mass is 291 g/mol. The first-order valence-electron chi connectivity index (χ1n) is 6.08. The van der Waals surface area contributed by atoms with Gasteiger partial charge in [0.1, 0.15) is 6.61 Å². The molecule has 1 amide bonds. The molecule has 0 aliphatic carbocycles. The topological polar surface area (TPSA) is 47.6 Å². The van der Waals surface area contributed by atoms with Gasteiger partial charge < -0.3 is 4.74 Å². The van der Waals surface area contributed by atoms with Gasteiger partial charge in [-0.2, -0.15) is 0 Å².